The zero-order chi connectivity index (χ0) is 12.7. The molecule has 1 unspecified atom stereocenters. The molecule has 1 heterocycles. The minimum atomic E-state index is -0.371. The van der Waals surface area contributed by atoms with E-state index in [1.807, 2.05) is 13.1 Å². The number of nitrogens with two attached hydrogens (primary N) is 1. The molecule has 1 aliphatic carbocycles. The third-order valence-electron chi connectivity index (χ3n) is 3.90. The van der Waals surface area contributed by atoms with E-state index in [1.165, 1.54) is 11.3 Å². The average molecular weight is 243 g/mol. The summed E-state index contributed by atoms with van der Waals surface area (Å²) < 4.78 is 0. The lowest BCUT2D eigenvalue weighted by Crippen LogP contribution is -2.31. The first-order valence-electron chi connectivity index (χ1n) is 6.30. The van der Waals surface area contributed by atoms with Crippen molar-refractivity contribution in [3.63, 3.8) is 0 Å². The molecule has 3 rings (SSSR count). The van der Waals surface area contributed by atoms with Crippen molar-refractivity contribution in [3.8, 4) is 0 Å². The van der Waals surface area contributed by atoms with E-state index in [-0.39, 0.29) is 5.91 Å². The molecule has 1 aromatic carbocycles. The van der Waals surface area contributed by atoms with Crippen LogP contribution in [-0.2, 0) is 12.8 Å². The number of aromatic amines is 1. The number of fused-ring (bicyclic) bond motifs is 3. The topological polar surface area (TPSA) is 70.9 Å². The molecule has 4 heteroatoms. The smallest absolute Gasteiger partial charge is 0.250 e. The Kier molecular flexibility index (Phi) is 2.59. The average Bonchev–Trinajstić information content (AvgIpc) is 2.75. The molecule has 1 aliphatic rings. The summed E-state index contributed by atoms with van der Waals surface area (Å²) in [5.74, 6) is -0.371. The number of primary amides is 1. The highest BCUT2D eigenvalue weighted by Gasteiger charge is 2.22. The zero-order valence-electron chi connectivity index (χ0n) is 10.4. The number of carbonyl (C=O) groups excluding carboxylic acids is 1. The molecule has 0 saturated heterocycles. The lowest BCUT2D eigenvalue weighted by atomic mass is 9.91. The second-order valence-electron chi connectivity index (χ2n) is 4.90. The molecule has 18 heavy (non-hydrogen) atoms. The molecule has 4 nitrogen and oxygen atoms in total. The first-order chi connectivity index (χ1) is 8.70. The van der Waals surface area contributed by atoms with Gasteiger partial charge in [0.25, 0.3) is 5.91 Å². The maximum atomic E-state index is 11.4. The van der Waals surface area contributed by atoms with Gasteiger partial charge in [0.2, 0.25) is 0 Å². The summed E-state index contributed by atoms with van der Waals surface area (Å²) in [5.41, 5.74) is 9.49. The zero-order valence-corrected chi connectivity index (χ0v) is 10.4. The van der Waals surface area contributed by atoms with Crippen LogP contribution in [0.2, 0.25) is 0 Å². The Morgan fingerprint density at radius 2 is 2.33 bits per heavy atom. The van der Waals surface area contributed by atoms with Crippen LogP contribution in [0.15, 0.2) is 18.2 Å². The summed E-state index contributed by atoms with van der Waals surface area (Å²) in [5, 5.41) is 4.47. The highest BCUT2D eigenvalue weighted by atomic mass is 16.1. The Labute approximate surface area is 106 Å². The van der Waals surface area contributed by atoms with Gasteiger partial charge in [-0.05, 0) is 37.9 Å². The van der Waals surface area contributed by atoms with Crippen LogP contribution in [0.3, 0.4) is 0 Å². The number of amides is 1. The Morgan fingerprint density at radius 3 is 3.06 bits per heavy atom. The van der Waals surface area contributed by atoms with E-state index in [9.17, 15) is 4.79 Å². The largest absolute Gasteiger partial charge is 0.366 e. The molecule has 0 aliphatic heterocycles. The fraction of sp³-hybridized carbons (Fsp3) is 0.357. The SMILES string of the molecule is CNC1CCc2[nH]c3c(C(N)=O)cccc3c2C1. The first-order valence-corrected chi connectivity index (χ1v) is 6.30. The number of carbonyl (C=O) groups is 1. The molecular formula is C14H17N3O. The van der Waals surface area contributed by atoms with Gasteiger partial charge in [-0.3, -0.25) is 4.79 Å². The second kappa shape index (κ2) is 4.14. The fourth-order valence-electron chi connectivity index (χ4n) is 2.89. The summed E-state index contributed by atoms with van der Waals surface area (Å²) in [7, 11) is 2.00. The van der Waals surface area contributed by atoms with Gasteiger partial charge in [0.1, 0.15) is 0 Å². The number of likely N-dealkylation sites (N-methyl/N-ethyl adjacent to an activating group) is 1. The number of nitrogens with one attached hydrogen (secondary N) is 2. The molecular weight excluding hydrogens is 226 g/mol. The summed E-state index contributed by atoms with van der Waals surface area (Å²) in [6, 6.07) is 6.27. The third-order valence-corrected chi connectivity index (χ3v) is 3.90. The van der Waals surface area contributed by atoms with Crippen molar-refractivity contribution in [1.29, 1.82) is 0 Å². The lowest BCUT2D eigenvalue weighted by Gasteiger charge is -2.21. The van der Waals surface area contributed by atoms with E-state index in [1.54, 1.807) is 6.07 Å². The molecule has 94 valence electrons. The van der Waals surface area contributed by atoms with Gasteiger partial charge in [-0.25, -0.2) is 0 Å². The molecule has 1 amide bonds. The molecule has 2 aromatic rings. The van der Waals surface area contributed by atoms with Gasteiger partial charge in [-0.1, -0.05) is 12.1 Å². The Bertz CT molecular complexity index is 615. The van der Waals surface area contributed by atoms with Crippen molar-refractivity contribution in [1.82, 2.24) is 10.3 Å². The quantitative estimate of drug-likeness (QED) is 0.745. The van der Waals surface area contributed by atoms with Crippen LogP contribution >= 0.6 is 0 Å². The number of para-hydroxylation sites is 1. The molecule has 1 atom stereocenters. The van der Waals surface area contributed by atoms with Crippen molar-refractivity contribution in [2.24, 2.45) is 5.73 Å². The van der Waals surface area contributed by atoms with Gasteiger partial charge in [0.05, 0.1) is 11.1 Å². The van der Waals surface area contributed by atoms with Crippen LogP contribution in [0.25, 0.3) is 10.9 Å². The van der Waals surface area contributed by atoms with Crippen LogP contribution in [0.5, 0.6) is 0 Å². The fourth-order valence-corrected chi connectivity index (χ4v) is 2.89. The molecule has 4 N–H and O–H groups in total. The first kappa shape index (κ1) is 11.3. The predicted molar refractivity (Wildman–Crippen MR) is 71.7 cm³/mol. The molecule has 0 saturated carbocycles. The van der Waals surface area contributed by atoms with Crippen molar-refractivity contribution in [2.75, 3.05) is 7.05 Å². The van der Waals surface area contributed by atoms with Crippen molar-refractivity contribution < 1.29 is 4.79 Å². The number of H-pyrrole nitrogens is 1. The highest BCUT2D eigenvalue weighted by molar-refractivity contribution is 6.06. The molecule has 0 spiro atoms. The van der Waals surface area contributed by atoms with Crippen LogP contribution in [0.1, 0.15) is 28.0 Å². The number of aryl methyl sites for hydroxylation is 1. The number of benzene rings is 1. The van der Waals surface area contributed by atoms with E-state index < -0.39 is 0 Å². The van der Waals surface area contributed by atoms with E-state index >= 15 is 0 Å². The maximum absolute atomic E-state index is 11.4. The van der Waals surface area contributed by atoms with Crippen molar-refractivity contribution in [2.45, 2.75) is 25.3 Å². The Morgan fingerprint density at radius 1 is 1.50 bits per heavy atom. The van der Waals surface area contributed by atoms with E-state index in [0.29, 0.717) is 11.6 Å². The van der Waals surface area contributed by atoms with E-state index in [0.717, 1.165) is 30.2 Å². The van der Waals surface area contributed by atoms with Gasteiger partial charge in [-0.15, -0.1) is 0 Å². The van der Waals surface area contributed by atoms with Crippen LogP contribution in [-0.4, -0.2) is 24.0 Å². The normalized spacial score (nSPS) is 18.8. The minimum Gasteiger partial charge on any atom is -0.366 e. The number of hydrogen-bond acceptors (Lipinski definition) is 2. The standard InChI is InChI=1S/C14H17N3O/c1-16-8-5-6-12-11(7-8)9-3-2-4-10(14(15)18)13(9)17-12/h2-4,8,16-17H,5-7H2,1H3,(H2,15,18). The third kappa shape index (κ3) is 1.61. The summed E-state index contributed by atoms with van der Waals surface area (Å²) >= 11 is 0. The lowest BCUT2D eigenvalue weighted by molar-refractivity contribution is 0.100. The van der Waals surface area contributed by atoms with E-state index in [2.05, 4.69) is 16.4 Å². The summed E-state index contributed by atoms with van der Waals surface area (Å²) in [6.07, 6.45) is 3.16. The number of aromatic nitrogens is 1. The summed E-state index contributed by atoms with van der Waals surface area (Å²) in [6.45, 7) is 0. The Balaban J connectivity index is 2.19. The van der Waals surface area contributed by atoms with Gasteiger partial charge < -0.3 is 16.0 Å². The van der Waals surface area contributed by atoms with Crippen LogP contribution in [0, 0.1) is 0 Å². The maximum Gasteiger partial charge on any atom is 0.250 e. The van der Waals surface area contributed by atoms with Gasteiger partial charge in [-0.2, -0.15) is 0 Å². The number of hydrogen-bond donors (Lipinski definition) is 3. The van der Waals surface area contributed by atoms with Gasteiger partial charge in [0.15, 0.2) is 0 Å². The van der Waals surface area contributed by atoms with Crippen LogP contribution in [0.4, 0.5) is 0 Å². The highest BCUT2D eigenvalue weighted by Crippen LogP contribution is 2.30. The predicted octanol–water partition coefficient (Wildman–Crippen LogP) is 1.34. The van der Waals surface area contributed by atoms with Crippen molar-refractivity contribution >= 4 is 16.8 Å². The monoisotopic (exact) mass is 243 g/mol. The minimum absolute atomic E-state index is 0.371. The second-order valence-corrected chi connectivity index (χ2v) is 4.90. The van der Waals surface area contributed by atoms with Crippen LogP contribution < -0.4 is 11.1 Å². The molecule has 1 aromatic heterocycles. The molecule has 0 bridgehead atoms. The Hall–Kier alpha value is -1.81. The molecule has 0 radical (unpaired) electrons. The molecule has 0 fully saturated rings. The van der Waals surface area contributed by atoms with Gasteiger partial charge in [0, 0.05) is 17.1 Å². The van der Waals surface area contributed by atoms with Gasteiger partial charge >= 0.3 is 0 Å². The summed E-state index contributed by atoms with van der Waals surface area (Å²) in [4.78, 5) is 14.8. The van der Waals surface area contributed by atoms with Crippen molar-refractivity contribution in [3.05, 3.63) is 35.0 Å². The number of rotatable bonds is 2. The van der Waals surface area contributed by atoms with E-state index in [4.69, 9.17) is 5.73 Å².